The number of hydrogen-bond donors (Lipinski definition) is 2. The minimum Gasteiger partial charge on any atom is -0.495 e. The molecule has 1 heterocycles. The number of benzene rings is 2. The van der Waals surface area contributed by atoms with Crippen molar-refractivity contribution in [3.8, 4) is 5.75 Å². The van der Waals surface area contributed by atoms with E-state index < -0.39 is 21.8 Å². The first-order chi connectivity index (χ1) is 14.3. The quantitative estimate of drug-likeness (QED) is 0.681. The molecule has 2 aromatic rings. The van der Waals surface area contributed by atoms with Crippen LogP contribution in [0.25, 0.3) is 0 Å². The molecule has 1 saturated heterocycles. The fourth-order valence-electron chi connectivity index (χ4n) is 3.22. The molecule has 1 fully saturated rings. The van der Waals surface area contributed by atoms with E-state index in [1.165, 1.54) is 23.5 Å². The minimum atomic E-state index is -3.47. The van der Waals surface area contributed by atoms with Gasteiger partial charge in [0.25, 0.3) is 0 Å². The van der Waals surface area contributed by atoms with Crippen molar-refractivity contribution >= 4 is 27.5 Å². The Hall–Kier alpha value is -2.91. The molecular formula is C21H25N3O5S. The maximum Gasteiger partial charge on any atom is 0.313 e. The summed E-state index contributed by atoms with van der Waals surface area (Å²) in [6, 6.07) is 11.6. The fraction of sp³-hybridized carbons (Fsp3) is 0.333. The van der Waals surface area contributed by atoms with Crippen molar-refractivity contribution in [2.45, 2.75) is 31.2 Å². The molecule has 160 valence electrons. The van der Waals surface area contributed by atoms with E-state index in [0.29, 0.717) is 30.1 Å². The number of nitrogens with one attached hydrogen (secondary N) is 2. The summed E-state index contributed by atoms with van der Waals surface area (Å²) in [5.74, 6) is -1.16. The third-order valence-electron chi connectivity index (χ3n) is 4.89. The van der Waals surface area contributed by atoms with Crippen LogP contribution in [0.3, 0.4) is 0 Å². The van der Waals surface area contributed by atoms with Gasteiger partial charge in [-0.15, -0.1) is 0 Å². The van der Waals surface area contributed by atoms with E-state index in [2.05, 4.69) is 10.6 Å². The molecule has 0 spiro atoms. The monoisotopic (exact) mass is 431 g/mol. The van der Waals surface area contributed by atoms with E-state index >= 15 is 0 Å². The third-order valence-corrected chi connectivity index (χ3v) is 6.80. The van der Waals surface area contributed by atoms with Crippen LogP contribution in [-0.2, 0) is 26.2 Å². The molecule has 0 aromatic heterocycles. The summed E-state index contributed by atoms with van der Waals surface area (Å²) in [5, 5.41) is 5.07. The van der Waals surface area contributed by atoms with Gasteiger partial charge >= 0.3 is 11.8 Å². The molecular weight excluding hydrogens is 406 g/mol. The molecule has 1 aliphatic heterocycles. The predicted molar refractivity (Wildman–Crippen MR) is 113 cm³/mol. The SMILES string of the molecule is COc1ccc(C)cc1NC(=O)C(=O)NCc1ccc(S(=O)(=O)N2CCCC2)cc1. The number of carbonyl (C=O) groups excluding carboxylic acids is 2. The first-order valence-corrected chi connectivity index (χ1v) is 11.1. The van der Waals surface area contributed by atoms with E-state index in [-0.39, 0.29) is 11.4 Å². The highest BCUT2D eigenvalue weighted by molar-refractivity contribution is 7.89. The van der Waals surface area contributed by atoms with Gasteiger partial charge in [0.05, 0.1) is 17.7 Å². The van der Waals surface area contributed by atoms with Gasteiger partial charge in [-0.25, -0.2) is 8.42 Å². The lowest BCUT2D eigenvalue weighted by molar-refractivity contribution is -0.136. The van der Waals surface area contributed by atoms with Crippen molar-refractivity contribution in [1.29, 1.82) is 0 Å². The summed E-state index contributed by atoms with van der Waals surface area (Å²) in [7, 11) is -1.99. The number of ether oxygens (including phenoxy) is 1. The highest BCUT2D eigenvalue weighted by Crippen LogP contribution is 2.25. The average molecular weight is 432 g/mol. The molecule has 0 bridgehead atoms. The highest BCUT2D eigenvalue weighted by atomic mass is 32.2. The van der Waals surface area contributed by atoms with Gasteiger partial charge in [0.1, 0.15) is 5.75 Å². The molecule has 0 aliphatic carbocycles. The molecule has 9 heteroatoms. The van der Waals surface area contributed by atoms with E-state index in [0.717, 1.165) is 18.4 Å². The number of nitrogens with zero attached hydrogens (tertiary/aromatic N) is 1. The van der Waals surface area contributed by atoms with Crippen molar-refractivity contribution in [2.75, 3.05) is 25.5 Å². The van der Waals surface area contributed by atoms with Crippen LogP contribution in [-0.4, -0.2) is 44.7 Å². The summed E-state index contributed by atoms with van der Waals surface area (Å²) in [5.41, 5.74) is 2.01. The standard InChI is InChI=1S/C21H25N3O5S/c1-15-5-10-19(29-2)18(13-15)23-21(26)20(25)22-14-16-6-8-17(9-7-16)30(27,28)24-11-3-4-12-24/h5-10,13H,3-4,11-12,14H2,1-2H3,(H,22,25)(H,23,26). The zero-order valence-corrected chi connectivity index (χ0v) is 17.8. The Bertz CT molecular complexity index is 1030. The average Bonchev–Trinajstić information content (AvgIpc) is 3.28. The molecule has 2 amide bonds. The van der Waals surface area contributed by atoms with Crippen LogP contribution in [0.15, 0.2) is 47.4 Å². The maximum absolute atomic E-state index is 12.5. The van der Waals surface area contributed by atoms with Crippen LogP contribution in [0.5, 0.6) is 5.75 Å². The molecule has 0 atom stereocenters. The van der Waals surface area contributed by atoms with Gasteiger partial charge in [0, 0.05) is 19.6 Å². The second kappa shape index (κ2) is 9.27. The molecule has 2 N–H and O–H groups in total. The number of methoxy groups -OCH3 is 1. The van der Waals surface area contributed by atoms with Gasteiger partial charge in [0.15, 0.2) is 0 Å². The van der Waals surface area contributed by atoms with Crippen molar-refractivity contribution in [3.63, 3.8) is 0 Å². The molecule has 0 saturated carbocycles. The second-order valence-electron chi connectivity index (χ2n) is 7.10. The molecule has 0 unspecified atom stereocenters. The van der Waals surface area contributed by atoms with Crippen LogP contribution in [0.2, 0.25) is 0 Å². The summed E-state index contributed by atoms with van der Waals surface area (Å²) in [6.45, 7) is 3.05. The molecule has 1 aliphatic rings. The predicted octanol–water partition coefficient (Wildman–Crippen LogP) is 2.04. The first-order valence-electron chi connectivity index (χ1n) is 9.64. The normalized spacial score (nSPS) is 14.3. The Labute approximate surface area is 176 Å². The minimum absolute atomic E-state index is 0.0985. The number of sulfonamides is 1. The molecule has 2 aromatic carbocycles. The number of anilines is 1. The van der Waals surface area contributed by atoms with Crippen LogP contribution < -0.4 is 15.4 Å². The van der Waals surface area contributed by atoms with E-state index in [1.54, 1.807) is 24.3 Å². The molecule has 30 heavy (non-hydrogen) atoms. The zero-order valence-electron chi connectivity index (χ0n) is 17.0. The Balaban J connectivity index is 1.58. The largest absolute Gasteiger partial charge is 0.495 e. The van der Waals surface area contributed by atoms with Gasteiger partial charge in [-0.05, 0) is 55.2 Å². The number of amides is 2. The van der Waals surface area contributed by atoms with E-state index in [1.807, 2.05) is 13.0 Å². The number of rotatable bonds is 6. The highest BCUT2D eigenvalue weighted by Gasteiger charge is 2.26. The van der Waals surface area contributed by atoms with Crippen molar-refractivity contribution in [3.05, 3.63) is 53.6 Å². The first kappa shape index (κ1) is 21.8. The number of carbonyl (C=O) groups is 2. The van der Waals surface area contributed by atoms with E-state index in [9.17, 15) is 18.0 Å². The summed E-state index contributed by atoms with van der Waals surface area (Å²) < 4.78 is 31.8. The maximum atomic E-state index is 12.5. The van der Waals surface area contributed by atoms with Crippen molar-refractivity contribution in [2.24, 2.45) is 0 Å². The van der Waals surface area contributed by atoms with Crippen LogP contribution in [0.4, 0.5) is 5.69 Å². The lowest BCUT2D eigenvalue weighted by atomic mass is 10.2. The fourth-order valence-corrected chi connectivity index (χ4v) is 4.74. The zero-order chi connectivity index (χ0) is 21.7. The topological polar surface area (TPSA) is 105 Å². The van der Waals surface area contributed by atoms with Crippen LogP contribution >= 0.6 is 0 Å². The van der Waals surface area contributed by atoms with Gasteiger partial charge in [-0.2, -0.15) is 4.31 Å². The van der Waals surface area contributed by atoms with Crippen LogP contribution in [0, 0.1) is 6.92 Å². The summed E-state index contributed by atoms with van der Waals surface area (Å²) >= 11 is 0. The smallest absolute Gasteiger partial charge is 0.313 e. The second-order valence-corrected chi connectivity index (χ2v) is 9.03. The van der Waals surface area contributed by atoms with Gasteiger partial charge in [-0.3, -0.25) is 9.59 Å². The number of hydrogen-bond acceptors (Lipinski definition) is 5. The molecule has 0 radical (unpaired) electrons. The van der Waals surface area contributed by atoms with Gasteiger partial charge in [-0.1, -0.05) is 18.2 Å². The summed E-state index contributed by atoms with van der Waals surface area (Å²) in [4.78, 5) is 24.5. The van der Waals surface area contributed by atoms with Gasteiger partial charge in [0.2, 0.25) is 10.0 Å². The summed E-state index contributed by atoms with van der Waals surface area (Å²) in [6.07, 6.45) is 1.75. The Morgan fingerprint density at radius 1 is 1.03 bits per heavy atom. The van der Waals surface area contributed by atoms with Crippen molar-refractivity contribution < 1.29 is 22.7 Å². The molecule has 3 rings (SSSR count). The lowest BCUT2D eigenvalue weighted by Crippen LogP contribution is -2.35. The Morgan fingerprint density at radius 2 is 1.70 bits per heavy atom. The Morgan fingerprint density at radius 3 is 2.33 bits per heavy atom. The Kier molecular flexibility index (Phi) is 6.73. The molecule has 8 nitrogen and oxygen atoms in total. The number of aryl methyl sites for hydroxylation is 1. The lowest BCUT2D eigenvalue weighted by Gasteiger charge is -2.15. The third kappa shape index (κ3) is 4.98. The van der Waals surface area contributed by atoms with E-state index in [4.69, 9.17) is 4.74 Å². The van der Waals surface area contributed by atoms with Crippen molar-refractivity contribution in [1.82, 2.24) is 9.62 Å². The van der Waals surface area contributed by atoms with Crippen LogP contribution in [0.1, 0.15) is 24.0 Å². The van der Waals surface area contributed by atoms with Gasteiger partial charge < -0.3 is 15.4 Å².